The molecule has 1 aromatic carbocycles. The number of nitrogens with one attached hydrogen (secondary N) is 1. The molecule has 1 aliphatic carbocycles. The van der Waals surface area contributed by atoms with Gasteiger partial charge in [0, 0.05) is 23.1 Å². The number of benzene rings is 1. The smallest absolute Gasteiger partial charge is 0.122 e. The largest absolute Gasteiger partial charge is 0.496 e. The number of ether oxygens (including phenoxy) is 1. The average Bonchev–Trinajstić information content (AvgIpc) is 2.47. The molecule has 0 atom stereocenters. The topological polar surface area (TPSA) is 21.3 Å². The molecular formula is C16H25NOS. The Balaban J connectivity index is 1.97. The van der Waals surface area contributed by atoms with Crippen LogP contribution in [0.2, 0.25) is 0 Å². The van der Waals surface area contributed by atoms with Gasteiger partial charge in [0.1, 0.15) is 5.75 Å². The molecule has 19 heavy (non-hydrogen) atoms. The highest BCUT2D eigenvalue weighted by atomic mass is 32.2. The first-order valence-electron chi connectivity index (χ1n) is 7.25. The van der Waals surface area contributed by atoms with E-state index in [9.17, 15) is 0 Å². The van der Waals surface area contributed by atoms with Crippen molar-refractivity contribution in [3.8, 4) is 5.75 Å². The third kappa shape index (κ3) is 4.43. The lowest BCUT2D eigenvalue weighted by Crippen LogP contribution is -2.09. The number of hydrogen-bond acceptors (Lipinski definition) is 3. The summed E-state index contributed by atoms with van der Waals surface area (Å²) in [5.41, 5.74) is 2.67. The van der Waals surface area contributed by atoms with Crippen molar-refractivity contribution < 1.29 is 4.74 Å². The van der Waals surface area contributed by atoms with E-state index in [1.807, 2.05) is 7.05 Å². The molecule has 0 heterocycles. The Bertz CT molecular complexity index is 388. The quantitative estimate of drug-likeness (QED) is 0.851. The van der Waals surface area contributed by atoms with Crippen molar-refractivity contribution in [1.29, 1.82) is 0 Å². The van der Waals surface area contributed by atoms with Gasteiger partial charge < -0.3 is 10.1 Å². The summed E-state index contributed by atoms with van der Waals surface area (Å²) in [7, 11) is 3.75. The molecule has 0 aromatic heterocycles. The fourth-order valence-corrected chi connectivity index (χ4v) is 4.01. The molecule has 1 aliphatic rings. The van der Waals surface area contributed by atoms with Gasteiger partial charge in [0.2, 0.25) is 0 Å². The molecule has 0 aliphatic heterocycles. The lowest BCUT2D eigenvalue weighted by molar-refractivity contribution is 0.411. The Morgan fingerprint density at radius 2 is 2.05 bits per heavy atom. The zero-order valence-corrected chi connectivity index (χ0v) is 12.9. The fourth-order valence-electron chi connectivity index (χ4n) is 2.70. The van der Waals surface area contributed by atoms with Gasteiger partial charge in [0.05, 0.1) is 7.11 Å². The SMILES string of the molecule is CNCc1ccc(OC)c(CSC2CCCCC2)c1. The monoisotopic (exact) mass is 279 g/mol. The molecule has 2 rings (SSSR count). The van der Waals surface area contributed by atoms with Gasteiger partial charge in [-0.1, -0.05) is 25.3 Å². The maximum absolute atomic E-state index is 5.48. The van der Waals surface area contributed by atoms with Crippen LogP contribution in [0.25, 0.3) is 0 Å². The molecule has 0 spiro atoms. The van der Waals surface area contributed by atoms with Gasteiger partial charge >= 0.3 is 0 Å². The maximum atomic E-state index is 5.48. The maximum Gasteiger partial charge on any atom is 0.122 e. The molecule has 3 heteroatoms. The first-order valence-corrected chi connectivity index (χ1v) is 8.30. The van der Waals surface area contributed by atoms with E-state index in [0.29, 0.717) is 0 Å². The van der Waals surface area contributed by atoms with Crippen molar-refractivity contribution in [2.24, 2.45) is 0 Å². The second-order valence-electron chi connectivity index (χ2n) is 5.25. The molecule has 1 aromatic rings. The van der Waals surface area contributed by atoms with Crippen LogP contribution in [0.5, 0.6) is 5.75 Å². The van der Waals surface area contributed by atoms with E-state index in [-0.39, 0.29) is 0 Å². The molecule has 1 saturated carbocycles. The highest BCUT2D eigenvalue weighted by molar-refractivity contribution is 7.99. The summed E-state index contributed by atoms with van der Waals surface area (Å²) < 4.78 is 5.48. The Labute approximate surface area is 121 Å². The minimum atomic E-state index is 0.853. The van der Waals surface area contributed by atoms with Gasteiger partial charge in [-0.2, -0.15) is 11.8 Å². The number of methoxy groups -OCH3 is 1. The van der Waals surface area contributed by atoms with Crippen molar-refractivity contribution in [2.45, 2.75) is 49.7 Å². The fraction of sp³-hybridized carbons (Fsp3) is 0.625. The van der Waals surface area contributed by atoms with Gasteiger partial charge in [0.25, 0.3) is 0 Å². The Hall–Kier alpha value is -0.670. The highest BCUT2D eigenvalue weighted by Gasteiger charge is 2.15. The van der Waals surface area contributed by atoms with Crippen molar-refractivity contribution in [3.05, 3.63) is 29.3 Å². The summed E-state index contributed by atoms with van der Waals surface area (Å²) in [6, 6.07) is 6.53. The minimum absolute atomic E-state index is 0.853. The first kappa shape index (κ1) is 14.7. The first-order chi connectivity index (χ1) is 9.33. The van der Waals surface area contributed by atoms with E-state index in [1.54, 1.807) is 7.11 Å². The van der Waals surface area contributed by atoms with Crippen LogP contribution >= 0.6 is 11.8 Å². The van der Waals surface area contributed by atoms with E-state index in [2.05, 4.69) is 35.3 Å². The number of hydrogen-bond donors (Lipinski definition) is 1. The molecule has 0 bridgehead atoms. The van der Waals surface area contributed by atoms with Gasteiger partial charge in [0.15, 0.2) is 0 Å². The molecule has 1 N–H and O–H groups in total. The molecule has 0 saturated heterocycles. The minimum Gasteiger partial charge on any atom is -0.496 e. The lowest BCUT2D eigenvalue weighted by atomic mass is 10.0. The van der Waals surface area contributed by atoms with Crippen LogP contribution in [0.4, 0.5) is 0 Å². The predicted octanol–water partition coefficient (Wildman–Crippen LogP) is 3.98. The van der Waals surface area contributed by atoms with E-state index >= 15 is 0 Å². The van der Waals surface area contributed by atoms with E-state index in [0.717, 1.165) is 23.3 Å². The summed E-state index contributed by atoms with van der Waals surface area (Å²) in [6.07, 6.45) is 7.04. The van der Waals surface area contributed by atoms with E-state index in [4.69, 9.17) is 4.74 Å². The average molecular weight is 279 g/mol. The third-order valence-electron chi connectivity index (χ3n) is 3.75. The number of rotatable bonds is 6. The normalized spacial score (nSPS) is 16.5. The van der Waals surface area contributed by atoms with Crippen LogP contribution in [0, 0.1) is 0 Å². The zero-order chi connectivity index (χ0) is 13.5. The van der Waals surface area contributed by atoms with Gasteiger partial charge in [-0.05, 0) is 37.6 Å². The molecule has 106 valence electrons. The van der Waals surface area contributed by atoms with Crippen LogP contribution in [0.3, 0.4) is 0 Å². The summed E-state index contributed by atoms with van der Waals surface area (Å²) in [4.78, 5) is 0. The summed E-state index contributed by atoms with van der Waals surface area (Å²) >= 11 is 2.11. The van der Waals surface area contributed by atoms with E-state index < -0.39 is 0 Å². The van der Waals surface area contributed by atoms with Crippen LogP contribution in [-0.4, -0.2) is 19.4 Å². The van der Waals surface area contributed by atoms with Gasteiger partial charge in [-0.15, -0.1) is 0 Å². The summed E-state index contributed by atoms with van der Waals surface area (Å²) in [5, 5.41) is 4.06. The number of thioether (sulfide) groups is 1. The second-order valence-corrected chi connectivity index (χ2v) is 6.54. The molecule has 2 nitrogen and oxygen atoms in total. The Morgan fingerprint density at radius 1 is 1.26 bits per heavy atom. The van der Waals surface area contributed by atoms with Gasteiger partial charge in [-0.3, -0.25) is 0 Å². The Kier molecular flexibility index (Phi) is 6.05. The predicted molar refractivity (Wildman–Crippen MR) is 83.9 cm³/mol. The summed E-state index contributed by atoms with van der Waals surface area (Å²) in [5.74, 6) is 2.11. The third-order valence-corrected chi connectivity index (χ3v) is 5.17. The zero-order valence-electron chi connectivity index (χ0n) is 12.1. The molecular weight excluding hydrogens is 254 g/mol. The van der Waals surface area contributed by atoms with Crippen molar-refractivity contribution in [1.82, 2.24) is 5.32 Å². The van der Waals surface area contributed by atoms with E-state index in [1.165, 1.54) is 43.2 Å². The molecule has 0 unspecified atom stereocenters. The molecule has 1 fully saturated rings. The van der Waals surface area contributed by atoms with Crippen LogP contribution in [-0.2, 0) is 12.3 Å². The standard InChI is InChI=1S/C16H25NOS/c1-17-11-13-8-9-16(18-2)14(10-13)12-19-15-6-4-3-5-7-15/h8-10,15,17H,3-7,11-12H2,1-2H3. The van der Waals surface area contributed by atoms with Gasteiger partial charge in [-0.25, -0.2) is 0 Å². The highest BCUT2D eigenvalue weighted by Crippen LogP contribution is 2.33. The van der Waals surface area contributed by atoms with Crippen molar-refractivity contribution in [3.63, 3.8) is 0 Å². The molecule has 0 radical (unpaired) electrons. The van der Waals surface area contributed by atoms with Crippen LogP contribution in [0.15, 0.2) is 18.2 Å². The Morgan fingerprint density at radius 3 is 2.74 bits per heavy atom. The van der Waals surface area contributed by atoms with Crippen LogP contribution < -0.4 is 10.1 Å². The van der Waals surface area contributed by atoms with Crippen molar-refractivity contribution >= 4 is 11.8 Å². The lowest BCUT2D eigenvalue weighted by Gasteiger charge is -2.21. The van der Waals surface area contributed by atoms with Crippen LogP contribution in [0.1, 0.15) is 43.2 Å². The molecule has 0 amide bonds. The second kappa shape index (κ2) is 7.81. The summed E-state index contributed by atoms with van der Waals surface area (Å²) in [6.45, 7) is 0.922. The van der Waals surface area contributed by atoms with Crippen molar-refractivity contribution in [2.75, 3.05) is 14.2 Å².